The summed E-state index contributed by atoms with van der Waals surface area (Å²) in [4.78, 5) is 11.4. The molecule has 0 unspecified atom stereocenters. The van der Waals surface area contributed by atoms with Crippen LogP contribution in [0.4, 0.5) is 13.2 Å². The number of Topliss-reactive ketones (excluding diaryl/α,β-unsaturated/α-hetero) is 1. The third-order valence-corrected chi connectivity index (χ3v) is 3.21. The Bertz CT molecular complexity index is 708. The number of hydrogen-bond acceptors (Lipinski definition) is 3. The van der Waals surface area contributed by atoms with Crippen molar-refractivity contribution in [2.45, 2.75) is 19.7 Å². The molecule has 0 aliphatic heterocycles. The molecular weight excluding hydrogens is 309 g/mol. The lowest BCUT2D eigenvalue weighted by Crippen LogP contribution is -2.06. The van der Waals surface area contributed by atoms with Gasteiger partial charge in [0.15, 0.2) is 5.78 Å². The van der Waals surface area contributed by atoms with Gasteiger partial charge in [-0.25, -0.2) is 0 Å². The van der Waals surface area contributed by atoms with Crippen LogP contribution in [0.5, 0.6) is 11.5 Å². The number of carbonyl (C=O) groups excluding carboxylic acids is 1. The Labute approximate surface area is 131 Å². The van der Waals surface area contributed by atoms with Crippen molar-refractivity contribution in [2.75, 3.05) is 7.11 Å². The van der Waals surface area contributed by atoms with Gasteiger partial charge in [0, 0.05) is 6.07 Å². The normalized spacial score (nSPS) is 11.2. The van der Waals surface area contributed by atoms with E-state index in [1.165, 1.54) is 26.2 Å². The molecule has 122 valence electrons. The second-order valence-electron chi connectivity index (χ2n) is 4.91. The Morgan fingerprint density at radius 3 is 2.48 bits per heavy atom. The summed E-state index contributed by atoms with van der Waals surface area (Å²) in [5.41, 5.74) is 0.0939. The van der Waals surface area contributed by atoms with E-state index in [1.54, 1.807) is 18.2 Å². The highest BCUT2D eigenvalue weighted by Gasteiger charge is 2.30. The first-order chi connectivity index (χ1) is 10.8. The molecule has 0 heterocycles. The zero-order valence-corrected chi connectivity index (χ0v) is 12.6. The standard InChI is InChI=1S/C17H15F3O3/c1-11(21)15-7-6-14(9-16(15)22-2)23-10-12-4-3-5-13(8-12)17(18,19)20/h3-9H,10H2,1-2H3. The van der Waals surface area contributed by atoms with Crippen LogP contribution in [0.2, 0.25) is 0 Å². The van der Waals surface area contributed by atoms with Crippen LogP contribution < -0.4 is 9.47 Å². The summed E-state index contributed by atoms with van der Waals surface area (Å²) in [6.07, 6.45) is -4.39. The summed E-state index contributed by atoms with van der Waals surface area (Å²) in [7, 11) is 1.43. The van der Waals surface area contributed by atoms with E-state index in [-0.39, 0.29) is 12.4 Å². The Morgan fingerprint density at radius 1 is 1.13 bits per heavy atom. The molecular formula is C17H15F3O3. The lowest BCUT2D eigenvalue weighted by Gasteiger charge is -2.12. The Morgan fingerprint density at radius 2 is 1.87 bits per heavy atom. The van der Waals surface area contributed by atoms with Crippen LogP contribution in [0.1, 0.15) is 28.4 Å². The van der Waals surface area contributed by atoms with E-state index < -0.39 is 11.7 Å². The molecule has 0 fully saturated rings. The summed E-state index contributed by atoms with van der Waals surface area (Å²) in [6.45, 7) is 1.40. The first-order valence-electron chi connectivity index (χ1n) is 6.79. The number of rotatable bonds is 5. The van der Waals surface area contributed by atoms with Gasteiger partial charge < -0.3 is 9.47 Å². The Kier molecular flexibility index (Phi) is 4.93. The lowest BCUT2D eigenvalue weighted by atomic mass is 10.1. The molecule has 6 heteroatoms. The summed E-state index contributed by atoms with van der Waals surface area (Å²) in [5, 5.41) is 0. The van der Waals surface area contributed by atoms with Crippen LogP contribution in [0.25, 0.3) is 0 Å². The summed E-state index contributed by atoms with van der Waals surface area (Å²) >= 11 is 0. The van der Waals surface area contributed by atoms with Gasteiger partial charge in [0.25, 0.3) is 0 Å². The van der Waals surface area contributed by atoms with Gasteiger partial charge in [-0.3, -0.25) is 4.79 Å². The molecule has 0 N–H and O–H groups in total. The van der Waals surface area contributed by atoms with E-state index in [4.69, 9.17) is 9.47 Å². The Hall–Kier alpha value is -2.50. The van der Waals surface area contributed by atoms with Crippen molar-refractivity contribution in [3.8, 4) is 11.5 Å². The zero-order chi connectivity index (χ0) is 17.0. The van der Waals surface area contributed by atoms with Crippen LogP contribution >= 0.6 is 0 Å². The molecule has 0 spiro atoms. The number of carbonyl (C=O) groups is 1. The highest BCUT2D eigenvalue weighted by molar-refractivity contribution is 5.97. The Balaban J connectivity index is 2.14. The van der Waals surface area contributed by atoms with Gasteiger partial charge in [-0.2, -0.15) is 13.2 Å². The molecule has 0 saturated carbocycles. The molecule has 0 bridgehead atoms. The molecule has 2 aromatic rings. The van der Waals surface area contributed by atoms with E-state index in [0.29, 0.717) is 22.6 Å². The SMILES string of the molecule is COc1cc(OCc2cccc(C(F)(F)F)c2)ccc1C(C)=O. The van der Waals surface area contributed by atoms with Crippen LogP contribution in [-0.2, 0) is 12.8 Å². The number of alkyl halides is 3. The summed E-state index contributed by atoms with van der Waals surface area (Å²) < 4.78 is 48.6. The summed E-state index contributed by atoms with van der Waals surface area (Å²) in [5.74, 6) is 0.620. The monoisotopic (exact) mass is 324 g/mol. The highest BCUT2D eigenvalue weighted by Crippen LogP contribution is 2.30. The minimum absolute atomic E-state index is 0.0213. The molecule has 0 radical (unpaired) electrons. The van der Waals surface area contributed by atoms with E-state index in [1.807, 2.05) is 0 Å². The third kappa shape index (κ3) is 4.25. The zero-order valence-electron chi connectivity index (χ0n) is 12.6. The van der Waals surface area contributed by atoms with Gasteiger partial charge in [0.2, 0.25) is 0 Å². The maximum atomic E-state index is 12.7. The van der Waals surface area contributed by atoms with Crippen LogP contribution in [0.15, 0.2) is 42.5 Å². The minimum Gasteiger partial charge on any atom is -0.496 e. The van der Waals surface area contributed by atoms with Gasteiger partial charge in [-0.05, 0) is 36.8 Å². The number of hydrogen-bond donors (Lipinski definition) is 0. The van der Waals surface area contributed by atoms with E-state index in [2.05, 4.69) is 0 Å². The van der Waals surface area contributed by atoms with Gasteiger partial charge in [-0.15, -0.1) is 0 Å². The van der Waals surface area contributed by atoms with Crippen molar-refractivity contribution in [2.24, 2.45) is 0 Å². The lowest BCUT2D eigenvalue weighted by molar-refractivity contribution is -0.137. The molecule has 2 rings (SSSR count). The number of halogens is 3. The van der Waals surface area contributed by atoms with Crippen molar-refractivity contribution in [1.29, 1.82) is 0 Å². The van der Waals surface area contributed by atoms with Crippen LogP contribution in [-0.4, -0.2) is 12.9 Å². The molecule has 0 aromatic heterocycles. The second-order valence-corrected chi connectivity index (χ2v) is 4.91. The summed E-state index contributed by atoms with van der Waals surface area (Å²) in [6, 6.07) is 9.60. The fourth-order valence-corrected chi connectivity index (χ4v) is 2.06. The van der Waals surface area contributed by atoms with Crippen molar-refractivity contribution >= 4 is 5.78 Å². The predicted octanol–water partition coefficient (Wildman–Crippen LogP) is 4.50. The van der Waals surface area contributed by atoms with E-state index in [9.17, 15) is 18.0 Å². The number of ether oxygens (including phenoxy) is 2. The molecule has 3 nitrogen and oxygen atoms in total. The van der Waals surface area contributed by atoms with Crippen molar-refractivity contribution in [1.82, 2.24) is 0 Å². The molecule has 0 aliphatic carbocycles. The first-order valence-corrected chi connectivity index (χ1v) is 6.79. The van der Waals surface area contributed by atoms with Gasteiger partial charge in [-0.1, -0.05) is 12.1 Å². The van der Waals surface area contributed by atoms with E-state index >= 15 is 0 Å². The smallest absolute Gasteiger partial charge is 0.416 e. The maximum absolute atomic E-state index is 12.7. The molecule has 2 aromatic carbocycles. The molecule has 0 amide bonds. The molecule has 23 heavy (non-hydrogen) atoms. The van der Waals surface area contributed by atoms with Gasteiger partial charge >= 0.3 is 6.18 Å². The van der Waals surface area contributed by atoms with Crippen LogP contribution in [0, 0.1) is 0 Å². The molecule has 0 atom stereocenters. The highest BCUT2D eigenvalue weighted by atomic mass is 19.4. The second kappa shape index (κ2) is 6.73. The topological polar surface area (TPSA) is 35.5 Å². The molecule has 0 aliphatic rings. The average Bonchev–Trinajstić information content (AvgIpc) is 2.52. The van der Waals surface area contributed by atoms with Gasteiger partial charge in [0.1, 0.15) is 18.1 Å². The fourth-order valence-electron chi connectivity index (χ4n) is 2.06. The largest absolute Gasteiger partial charge is 0.496 e. The maximum Gasteiger partial charge on any atom is 0.416 e. The third-order valence-electron chi connectivity index (χ3n) is 3.21. The quantitative estimate of drug-likeness (QED) is 0.760. The van der Waals surface area contributed by atoms with Crippen molar-refractivity contribution in [3.63, 3.8) is 0 Å². The van der Waals surface area contributed by atoms with Crippen molar-refractivity contribution in [3.05, 3.63) is 59.2 Å². The number of benzene rings is 2. The fraction of sp³-hybridized carbons (Fsp3) is 0.235. The predicted molar refractivity (Wildman–Crippen MR) is 78.8 cm³/mol. The number of methoxy groups -OCH3 is 1. The average molecular weight is 324 g/mol. The minimum atomic E-state index is -4.39. The number of ketones is 1. The van der Waals surface area contributed by atoms with Crippen molar-refractivity contribution < 1.29 is 27.4 Å². The van der Waals surface area contributed by atoms with E-state index in [0.717, 1.165) is 12.1 Å². The first kappa shape index (κ1) is 16.9. The molecule has 0 saturated heterocycles. The van der Waals surface area contributed by atoms with Crippen LogP contribution in [0.3, 0.4) is 0 Å². The van der Waals surface area contributed by atoms with Gasteiger partial charge in [0.05, 0.1) is 18.2 Å².